The Hall–Kier alpha value is -3.93. The van der Waals surface area contributed by atoms with Crippen molar-refractivity contribution in [2.45, 2.75) is 50.5 Å². The molecule has 3 rings (SSSR count). The van der Waals surface area contributed by atoms with E-state index in [9.17, 15) is 22.8 Å². The Labute approximate surface area is 208 Å². The predicted molar refractivity (Wildman–Crippen MR) is 136 cm³/mol. The summed E-state index contributed by atoms with van der Waals surface area (Å²) in [4.78, 5) is 43.2. The number of anilines is 2. The van der Waals surface area contributed by atoms with E-state index >= 15 is 0 Å². The average molecular weight is 516 g/mol. The lowest BCUT2D eigenvalue weighted by atomic mass is 10.1. The molecule has 0 aliphatic rings. The van der Waals surface area contributed by atoms with E-state index in [1.807, 2.05) is 13.8 Å². The van der Waals surface area contributed by atoms with E-state index in [1.165, 1.54) is 42.5 Å². The van der Waals surface area contributed by atoms with Crippen LogP contribution in [0.25, 0.3) is 10.9 Å². The molecule has 1 amide bonds. The van der Waals surface area contributed by atoms with Crippen molar-refractivity contribution in [3.63, 3.8) is 0 Å². The maximum Gasteiger partial charge on any atom is 0.328 e. The highest BCUT2D eigenvalue weighted by molar-refractivity contribution is 7.92. The average Bonchev–Trinajstić information content (AvgIpc) is 2.83. The molecule has 0 saturated heterocycles. The molecule has 0 fully saturated rings. The van der Waals surface area contributed by atoms with Gasteiger partial charge in [0.25, 0.3) is 21.5 Å². The second-order valence-corrected chi connectivity index (χ2v) is 9.83. The third-order valence-electron chi connectivity index (χ3n) is 5.31. The molecular formula is C24H29N5O6S. The molecule has 0 unspecified atom stereocenters. The first-order valence-electron chi connectivity index (χ1n) is 11.5. The van der Waals surface area contributed by atoms with Crippen molar-refractivity contribution >= 4 is 44.4 Å². The lowest BCUT2D eigenvalue weighted by Crippen LogP contribution is -2.41. The number of carbonyl (C=O) groups excluding carboxylic acids is 2. The van der Waals surface area contributed by atoms with Crippen LogP contribution in [-0.2, 0) is 19.6 Å². The number of sulfonamides is 1. The molecule has 0 spiro atoms. The quantitative estimate of drug-likeness (QED) is 0.223. The Kier molecular flexibility index (Phi) is 8.64. The Bertz CT molecular complexity index is 1400. The number of ether oxygens (including phenoxy) is 1. The van der Waals surface area contributed by atoms with Gasteiger partial charge in [-0.2, -0.15) is 0 Å². The zero-order valence-electron chi connectivity index (χ0n) is 20.0. The van der Waals surface area contributed by atoms with Crippen molar-refractivity contribution in [3.05, 3.63) is 58.4 Å². The van der Waals surface area contributed by atoms with Crippen molar-refractivity contribution in [2.24, 2.45) is 0 Å². The third-order valence-corrected chi connectivity index (χ3v) is 6.69. The lowest BCUT2D eigenvalue weighted by Gasteiger charge is -2.17. The van der Waals surface area contributed by atoms with E-state index in [-0.39, 0.29) is 33.0 Å². The predicted octanol–water partition coefficient (Wildman–Crippen LogP) is 2.55. The van der Waals surface area contributed by atoms with Gasteiger partial charge in [-0.05, 0) is 55.3 Å². The summed E-state index contributed by atoms with van der Waals surface area (Å²) >= 11 is 0. The number of hydrogen-bond acceptors (Lipinski definition) is 8. The highest BCUT2D eigenvalue weighted by atomic mass is 32.2. The Morgan fingerprint density at radius 2 is 1.83 bits per heavy atom. The fourth-order valence-electron chi connectivity index (χ4n) is 3.40. The van der Waals surface area contributed by atoms with Gasteiger partial charge < -0.3 is 15.8 Å². The molecule has 2 aromatic carbocycles. The zero-order valence-corrected chi connectivity index (χ0v) is 20.9. The monoisotopic (exact) mass is 515 g/mol. The van der Waals surface area contributed by atoms with E-state index < -0.39 is 33.5 Å². The standard InChI is InChI=1S/C24H29N5O6S/c1-3-5-13-35-23(32)20(6-4-2)26-21(30)15-7-9-16(10-8-15)29-36(33,34)17-11-12-19-18(14-17)22(31)28-24(25)27-19/h7-12,14,20,29H,3-6,13H2,1-2H3,(H,26,30)(H3,25,27,28,31)/t20-/m0/s1. The fourth-order valence-corrected chi connectivity index (χ4v) is 4.49. The van der Waals surface area contributed by atoms with E-state index in [0.717, 1.165) is 12.8 Å². The Balaban J connectivity index is 1.71. The van der Waals surface area contributed by atoms with Crippen molar-refractivity contribution < 1.29 is 22.7 Å². The number of aromatic amines is 1. The number of aromatic nitrogens is 2. The molecule has 12 heteroatoms. The number of esters is 1. The first-order chi connectivity index (χ1) is 17.1. The maximum atomic E-state index is 12.8. The number of amides is 1. The minimum Gasteiger partial charge on any atom is -0.464 e. The Morgan fingerprint density at radius 1 is 1.11 bits per heavy atom. The molecule has 0 saturated carbocycles. The van der Waals surface area contributed by atoms with Crippen LogP contribution in [0.15, 0.2) is 52.2 Å². The van der Waals surface area contributed by atoms with E-state index in [4.69, 9.17) is 10.5 Å². The van der Waals surface area contributed by atoms with Gasteiger partial charge in [-0.25, -0.2) is 18.2 Å². The van der Waals surface area contributed by atoms with Gasteiger partial charge in [-0.1, -0.05) is 26.7 Å². The molecule has 1 aromatic heterocycles. The summed E-state index contributed by atoms with van der Waals surface area (Å²) in [5.41, 5.74) is 5.69. The smallest absolute Gasteiger partial charge is 0.328 e. The normalized spacial score (nSPS) is 12.2. The zero-order chi connectivity index (χ0) is 26.3. The summed E-state index contributed by atoms with van der Waals surface area (Å²) in [6, 6.07) is 8.88. The van der Waals surface area contributed by atoms with Crippen LogP contribution in [0.3, 0.4) is 0 Å². The van der Waals surface area contributed by atoms with Crippen LogP contribution in [-0.4, -0.2) is 42.9 Å². The van der Waals surface area contributed by atoms with Crippen LogP contribution in [0.5, 0.6) is 0 Å². The molecular weight excluding hydrogens is 486 g/mol. The van der Waals surface area contributed by atoms with Gasteiger partial charge in [-0.3, -0.25) is 19.3 Å². The van der Waals surface area contributed by atoms with Crippen LogP contribution >= 0.6 is 0 Å². The van der Waals surface area contributed by atoms with Crippen LogP contribution in [0.2, 0.25) is 0 Å². The van der Waals surface area contributed by atoms with E-state index in [0.29, 0.717) is 19.4 Å². The number of benzene rings is 2. The van der Waals surface area contributed by atoms with E-state index in [2.05, 4.69) is 20.0 Å². The number of unbranched alkanes of at least 4 members (excludes halogenated alkanes) is 1. The lowest BCUT2D eigenvalue weighted by molar-refractivity contribution is -0.146. The second kappa shape index (κ2) is 11.7. The van der Waals surface area contributed by atoms with Crippen molar-refractivity contribution in [3.8, 4) is 0 Å². The number of hydrogen-bond donors (Lipinski definition) is 4. The highest BCUT2D eigenvalue weighted by Gasteiger charge is 2.22. The van der Waals surface area contributed by atoms with Crippen LogP contribution in [0, 0.1) is 0 Å². The number of fused-ring (bicyclic) bond motifs is 1. The minimum absolute atomic E-state index is 0.0697. The number of rotatable bonds is 11. The summed E-state index contributed by atoms with van der Waals surface area (Å²) < 4.78 is 33.3. The minimum atomic E-state index is -4.04. The van der Waals surface area contributed by atoms with Gasteiger partial charge in [0.1, 0.15) is 6.04 Å². The van der Waals surface area contributed by atoms with E-state index in [1.54, 1.807) is 0 Å². The number of carbonyl (C=O) groups is 2. The first kappa shape index (κ1) is 26.7. The molecule has 3 aromatic rings. The summed E-state index contributed by atoms with van der Waals surface area (Å²) in [6.45, 7) is 4.19. The molecule has 1 atom stereocenters. The number of nitrogens with zero attached hydrogens (tertiary/aromatic N) is 1. The third kappa shape index (κ3) is 6.60. The molecule has 5 N–H and O–H groups in total. The van der Waals surface area contributed by atoms with Crippen LogP contribution in [0.4, 0.5) is 11.6 Å². The number of nitrogens with two attached hydrogens (primary N) is 1. The summed E-state index contributed by atoms with van der Waals surface area (Å²) in [5.74, 6) is -1.02. The summed E-state index contributed by atoms with van der Waals surface area (Å²) in [7, 11) is -4.04. The second-order valence-electron chi connectivity index (χ2n) is 8.15. The van der Waals surface area contributed by atoms with Gasteiger partial charge in [0.05, 0.1) is 22.4 Å². The Morgan fingerprint density at radius 3 is 2.50 bits per heavy atom. The van der Waals surface area contributed by atoms with Gasteiger partial charge >= 0.3 is 5.97 Å². The molecule has 0 aliphatic carbocycles. The van der Waals surface area contributed by atoms with Crippen molar-refractivity contribution in [2.75, 3.05) is 17.1 Å². The molecule has 0 radical (unpaired) electrons. The summed E-state index contributed by atoms with van der Waals surface area (Å²) in [6.07, 6.45) is 2.75. The van der Waals surface area contributed by atoms with Gasteiger partial charge in [0.2, 0.25) is 5.95 Å². The van der Waals surface area contributed by atoms with Crippen molar-refractivity contribution in [1.82, 2.24) is 15.3 Å². The topological polar surface area (TPSA) is 173 Å². The number of nitrogens with one attached hydrogen (secondary N) is 3. The van der Waals surface area contributed by atoms with Gasteiger partial charge in [0.15, 0.2) is 0 Å². The maximum absolute atomic E-state index is 12.8. The van der Waals surface area contributed by atoms with Crippen LogP contribution in [0.1, 0.15) is 49.9 Å². The van der Waals surface area contributed by atoms with Gasteiger partial charge in [-0.15, -0.1) is 0 Å². The van der Waals surface area contributed by atoms with Crippen LogP contribution < -0.4 is 21.3 Å². The number of nitrogen functional groups attached to an aromatic ring is 1. The highest BCUT2D eigenvalue weighted by Crippen LogP contribution is 2.20. The number of H-pyrrole nitrogens is 1. The fraction of sp³-hybridized carbons (Fsp3) is 0.333. The molecule has 192 valence electrons. The first-order valence-corrected chi connectivity index (χ1v) is 13.0. The molecule has 0 bridgehead atoms. The molecule has 36 heavy (non-hydrogen) atoms. The SMILES string of the molecule is CCCCOC(=O)[C@H](CCC)NC(=O)c1ccc(NS(=O)(=O)c2ccc3nc(N)[nH]c(=O)c3c2)cc1. The summed E-state index contributed by atoms with van der Waals surface area (Å²) in [5, 5.41) is 2.76. The van der Waals surface area contributed by atoms with Crippen molar-refractivity contribution in [1.29, 1.82) is 0 Å². The largest absolute Gasteiger partial charge is 0.464 e. The molecule has 11 nitrogen and oxygen atoms in total. The molecule has 0 aliphatic heterocycles. The molecule has 1 heterocycles. The van der Waals surface area contributed by atoms with Gasteiger partial charge in [0, 0.05) is 11.3 Å².